The van der Waals surface area contributed by atoms with Gasteiger partial charge < -0.3 is 4.74 Å². The van der Waals surface area contributed by atoms with Crippen LogP contribution < -0.4 is 4.74 Å². The Bertz CT molecular complexity index is 745. The minimum atomic E-state index is 0.685. The van der Waals surface area contributed by atoms with E-state index in [-0.39, 0.29) is 0 Å². The number of nitrogens with zero attached hydrogens (tertiary/aromatic N) is 4. The van der Waals surface area contributed by atoms with Crippen molar-refractivity contribution in [1.29, 1.82) is 0 Å². The number of para-hydroxylation sites is 2. The Labute approximate surface area is 139 Å². The number of benzene rings is 2. The minimum absolute atomic E-state index is 0.685. The molecule has 0 aliphatic carbocycles. The molecular formula is C17H18N4OS. The summed E-state index contributed by atoms with van der Waals surface area (Å²) in [5.41, 5.74) is 2.13. The van der Waals surface area contributed by atoms with E-state index in [0.29, 0.717) is 6.61 Å². The van der Waals surface area contributed by atoms with E-state index >= 15 is 0 Å². The van der Waals surface area contributed by atoms with E-state index in [1.807, 2.05) is 48.5 Å². The molecule has 23 heavy (non-hydrogen) atoms. The number of thioether (sulfide) groups is 1. The number of tetrazole rings is 1. The van der Waals surface area contributed by atoms with Crippen molar-refractivity contribution in [3.63, 3.8) is 0 Å². The molecule has 0 aliphatic heterocycles. The zero-order chi connectivity index (χ0) is 15.9. The van der Waals surface area contributed by atoms with Gasteiger partial charge in [0.25, 0.3) is 0 Å². The summed E-state index contributed by atoms with van der Waals surface area (Å²) < 4.78 is 7.56. The third-order valence-electron chi connectivity index (χ3n) is 3.31. The molecule has 0 amide bonds. The topological polar surface area (TPSA) is 52.8 Å². The van der Waals surface area contributed by atoms with Crippen LogP contribution in [-0.4, -0.2) is 32.6 Å². The molecule has 0 unspecified atom stereocenters. The molecule has 0 aliphatic rings. The Hall–Kier alpha value is -2.34. The lowest BCUT2D eigenvalue weighted by Gasteiger charge is -2.08. The number of hydrogen-bond donors (Lipinski definition) is 0. The summed E-state index contributed by atoms with van der Waals surface area (Å²) in [4.78, 5) is 0. The van der Waals surface area contributed by atoms with Gasteiger partial charge in [-0.3, -0.25) is 0 Å². The number of hydrogen-bond acceptors (Lipinski definition) is 5. The van der Waals surface area contributed by atoms with Crippen LogP contribution in [0.5, 0.6) is 5.75 Å². The quantitative estimate of drug-likeness (QED) is 0.491. The second kappa shape index (κ2) is 7.78. The van der Waals surface area contributed by atoms with Crippen molar-refractivity contribution in [3.8, 4) is 11.4 Å². The number of rotatable bonds is 7. The van der Waals surface area contributed by atoms with Gasteiger partial charge in [-0.25, -0.2) is 0 Å². The summed E-state index contributed by atoms with van der Waals surface area (Å²) in [6, 6.07) is 18.0. The molecule has 1 heterocycles. The number of ether oxygens (including phenoxy) is 1. The maximum atomic E-state index is 5.80. The van der Waals surface area contributed by atoms with E-state index in [1.165, 1.54) is 0 Å². The van der Waals surface area contributed by atoms with Gasteiger partial charge in [0.1, 0.15) is 5.75 Å². The third kappa shape index (κ3) is 4.10. The highest BCUT2D eigenvalue weighted by Gasteiger charge is 2.08. The van der Waals surface area contributed by atoms with E-state index in [1.54, 1.807) is 16.4 Å². The van der Waals surface area contributed by atoms with E-state index < -0.39 is 0 Å². The smallest absolute Gasteiger partial charge is 0.214 e. The van der Waals surface area contributed by atoms with Crippen molar-refractivity contribution in [2.24, 2.45) is 0 Å². The fourth-order valence-corrected chi connectivity index (χ4v) is 2.93. The summed E-state index contributed by atoms with van der Waals surface area (Å²) in [5.74, 6) is 1.85. The Morgan fingerprint density at radius 1 is 1.04 bits per heavy atom. The first kappa shape index (κ1) is 15.6. The molecule has 0 N–H and O–H groups in total. The predicted octanol–water partition coefficient (Wildman–Crippen LogP) is 3.53. The predicted molar refractivity (Wildman–Crippen MR) is 91.2 cm³/mol. The normalized spacial score (nSPS) is 10.7. The molecule has 5 nitrogen and oxygen atoms in total. The average molecular weight is 326 g/mol. The molecule has 118 valence electrons. The van der Waals surface area contributed by atoms with E-state index in [2.05, 4.69) is 28.5 Å². The van der Waals surface area contributed by atoms with Crippen molar-refractivity contribution < 1.29 is 4.74 Å². The molecule has 0 radical (unpaired) electrons. The SMILES string of the molecule is Cc1ccccc1OCCCSc1nnnn1-c1ccccc1. The molecule has 0 bridgehead atoms. The molecule has 2 aromatic carbocycles. The summed E-state index contributed by atoms with van der Waals surface area (Å²) in [5, 5.41) is 12.7. The highest BCUT2D eigenvalue weighted by atomic mass is 32.2. The maximum Gasteiger partial charge on any atom is 0.214 e. The van der Waals surface area contributed by atoms with Gasteiger partial charge in [-0.2, -0.15) is 4.68 Å². The lowest BCUT2D eigenvalue weighted by molar-refractivity contribution is 0.316. The lowest BCUT2D eigenvalue weighted by atomic mass is 10.2. The molecule has 1 aromatic heterocycles. The Balaban J connectivity index is 1.49. The van der Waals surface area contributed by atoms with Gasteiger partial charge >= 0.3 is 0 Å². The van der Waals surface area contributed by atoms with Gasteiger partial charge in [-0.1, -0.05) is 48.2 Å². The second-order valence-electron chi connectivity index (χ2n) is 5.02. The number of aromatic nitrogens is 4. The molecule has 0 fully saturated rings. The molecule has 6 heteroatoms. The monoisotopic (exact) mass is 326 g/mol. The van der Waals surface area contributed by atoms with E-state index in [9.17, 15) is 0 Å². The van der Waals surface area contributed by atoms with Crippen LogP contribution in [0.3, 0.4) is 0 Å². The average Bonchev–Trinajstić information content (AvgIpc) is 3.05. The molecule has 3 rings (SSSR count). The minimum Gasteiger partial charge on any atom is -0.493 e. The molecular weight excluding hydrogens is 308 g/mol. The first-order chi connectivity index (χ1) is 11.3. The van der Waals surface area contributed by atoms with E-state index in [0.717, 1.165) is 34.3 Å². The van der Waals surface area contributed by atoms with Crippen LogP contribution in [0.1, 0.15) is 12.0 Å². The van der Waals surface area contributed by atoms with Gasteiger partial charge in [0, 0.05) is 5.75 Å². The molecule has 0 spiro atoms. The van der Waals surface area contributed by atoms with Crippen LogP contribution in [0.4, 0.5) is 0 Å². The van der Waals surface area contributed by atoms with Crippen molar-refractivity contribution in [3.05, 3.63) is 60.2 Å². The zero-order valence-corrected chi connectivity index (χ0v) is 13.7. The highest BCUT2D eigenvalue weighted by molar-refractivity contribution is 7.99. The van der Waals surface area contributed by atoms with Gasteiger partial charge in [0.05, 0.1) is 12.3 Å². The van der Waals surface area contributed by atoms with Crippen molar-refractivity contribution in [1.82, 2.24) is 20.2 Å². The summed E-state index contributed by atoms with van der Waals surface area (Å²) in [6.07, 6.45) is 0.931. The summed E-state index contributed by atoms with van der Waals surface area (Å²) in [7, 11) is 0. The van der Waals surface area contributed by atoms with Crippen LogP contribution in [0.15, 0.2) is 59.8 Å². The summed E-state index contributed by atoms with van der Waals surface area (Å²) in [6.45, 7) is 2.74. The third-order valence-corrected chi connectivity index (χ3v) is 4.32. The molecule has 0 saturated heterocycles. The second-order valence-corrected chi connectivity index (χ2v) is 6.09. The van der Waals surface area contributed by atoms with Crippen LogP contribution in [-0.2, 0) is 0 Å². The Morgan fingerprint density at radius 2 is 1.83 bits per heavy atom. The fourth-order valence-electron chi connectivity index (χ4n) is 2.12. The lowest BCUT2D eigenvalue weighted by Crippen LogP contribution is -2.02. The molecule has 0 atom stereocenters. The standard InChI is InChI=1S/C17H18N4OS/c1-14-8-5-6-11-16(14)22-12-7-13-23-17-18-19-20-21(17)15-9-3-2-4-10-15/h2-6,8-11H,7,12-13H2,1H3. The Kier molecular flexibility index (Phi) is 5.26. The van der Waals surface area contributed by atoms with Crippen LogP contribution >= 0.6 is 11.8 Å². The zero-order valence-electron chi connectivity index (χ0n) is 12.9. The number of aryl methyl sites for hydroxylation is 1. The van der Waals surface area contributed by atoms with Crippen molar-refractivity contribution in [2.45, 2.75) is 18.5 Å². The van der Waals surface area contributed by atoms with Crippen molar-refractivity contribution in [2.75, 3.05) is 12.4 Å². The first-order valence-corrected chi connectivity index (χ1v) is 8.48. The van der Waals surface area contributed by atoms with Crippen LogP contribution in [0, 0.1) is 6.92 Å². The fraction of sp³-hybridized carbons (Fsp3) is 0.235. The largest absolute Gasteiger partial charge is 0.493 e. The van der Waals surface area contributed by atoms with Crippen LogP contribution in [0.2, 0.25) is 0 Å². The molecule has 3 aromatic rings. The highest BCUT2D eigenvalue weighted by Crippen LogP contribution is 2.20. The van der Waals surface area contributed by atoms with Gasteiger partial charge in [-0.15, -0.1) is 5.10 Å². The summed E-state index contributed by atoms with van der Waals surface area (Å²) >= 11 is 1.63. The first-order valence-electron chi connectivity index (χ1n) is 7.49. The van der Waals surface area contributed by atoms with Gasteiger partial charge in [0.15, 0.2) is 0 Å². The molecule has 0 saturated carbocycles. The van der Waals surface area contributed by atoms with E-state index in [4.69, 9.17) is 4.74 Å². The van der Waals surface area contributed by atoms with Crippen LogP contribution in [0.25, 0.3) is 5.69 Å². The maximum absolute atomic E-state index is 5.80. The van der Waals surface area contributed by atoms with Gasteiger partial charge in [0.2, 0.25) is 5.16 Å². The van der Waals surface area contributed by atoms with Gasteiger partial charge in [-0.05, 0) is 47.5 Å². The Morgan fingerprint density at radius 3 is 2.65 bits per heavy atom. The van der Waals surface area contributed by atoms with Crippen molar-refractivity contribution >= 4 is 11.8 Å².